The molecule has 0 aliphatic carbocycles. The molecule has 1 atom stereocenters. The summed E-state index contributed by atoms with van der Waals surface area (Å²) in [4.78, 5) is 11.1. The van der Waals surface area contributed by atoms with Gasteiger partial charge in [-0.2, -0.15) is 5.17 Å². The zero-order valence-electron chi connectivity index (χ0n) is 14.1. The number of hydroxylamine groups is 1. The molecule has 0 saturated carbocycles. The standard InChI is InChI=1S/C17H27N3O3/c1-4-7-9-15(8-5-2)19-20(23)17-16(22)14(12-21)10-13(6-3)11-18-17/h7,9-10,15,18-19,22-23H,4-6,8,11H2,1-3H3. The fourth-order valence-corrected chi connectivity index (χ4v) is 2.25. The van der Waals surface area contributed by atoms with Gasteiger partial charge in [-0.3, -0.25) is 5.21 Å². The monoisotopic (exact) mass is 321 g/mol. The predicted molar refractivity (Wildman–Crippen MR) is 90.1 cm³/mol. The average Bonchev–Trinajstić information content (AvgIpc) is 2.71. The Morgan fingerprint density at radius 1 is 1.48 bits per heavy atom. The molecule has 0 spiro atoms. The second-order valence-corrected chi connectivity index (χ2v) is 5.40. The highest BCUT2D eigenvalue weighted by molar-refractivity contribution is 5.65. The van der Waals surface area contributed by atoms with Crippen LogP contribution in [0.4, 0.5) is 0 Å². The van der Waals surface area contributed by atoms with Gasteiger partial charge in [0.2, 0.25) is 0 Å². The average molecular weight is 321 g/mol. The summed E-state index contributed by atoms with van der Waals surface area (Å²) >= 11 is 0. The van der Waals surface area contributed by atoms with Crippen LogP contribution in [0.1, 0.15) is 46.5 Å². The molecular formula is C17H27N3O3. The molecule has 0 aromatic heterocycles. The molecule has 0 fully saturated rings. The number of hydrazine groups is 1. The van der Waals surface area contributed by atoms with Gasteiger partial charge in [0.15, 0.2) is 11.6 Å². The van der Waals surface area contributed by atoms with Crippen molar-refractivity contribution in [3.63, 3.8) is 0 Å². The Bertz CT molecular complexity index is 531. The topological polar surface area (TPSA) is 84.8 Å². The first-order valence-electron chi connectivity index (χ1n) is 8.11. The number of nitrogens with one attached hydrogen (secondary N) is 2. The predicted octanol–water partition coefficient (Wildman–Crippen LogP) is 2.74. The zero-order valence-corrected chi connectivity index (χ0v) is 14.1. The van der Waals surface area contributed by atoms with Crippen LogP contribution in [0.3, 0.4) is 0 Å². The summed E-state index contributed by atoms with van der Waals surface area (Å²) in [7, 11) is 0. The van der Waals surface area contributed by atoms with Gasteiger partial charge in [-0.15, -0.1) is 0 Å². The third-order valence-corrected chi connectivity index (χ3v) is 3.58. The zero-order chi connectivity index (χ0) is 17.2. The maximum absolute atomic E-state index is 11.1. The van der Waals surface area contributed by atoms with Crippen molar-refractivity contribution in [2.24, 2.45) is 0 Å². The van der Waals surface area contributed by atoms with Crippen molar-refractivity contribution in [1.29, 1.82) is 0 Å². The summed E-state index contributed by atoms with van der Waals surface area (Å²) in [5.41, 5.74) is 3.88. The lowest BCUT2D eigenvalue weighted by Gasteiger charge is -2.26. The third kappa shape index (κ3) is 5.60. The van der Waals surface area contributed by atoms with Gasteiger partial charge in [0.25, 0.3) is 0 Å². The maximum Gasteiger partial charge on any atom is 0.188 e. The van der Waals surface area contributed by atoms with Gasteiger partial charge in [0.05, 0.1) is 0 Å². The number of carbonyl (C=O) groups excluding carboxylic acids is 1. The molecule has 1 rings (SSSR count). The molecule has 6 heteroatoms. The van der Waals surface area contributed by atoms with Gasteiger partial charge in [0.1, 0.15) is 11.5 Å². The Hall–Kier alpha value is -2.01. The molecule has 23 heavy (non-hydrogen) atoms. The van der Waals surface area contributed by atoms with E-state index < -0.39 is 0 Å². The van der Waals surface area contributed by atoms with Gasteiger partial charge >= 0.3 is 0 Å². The summed E-state index contributed by atoms with van der Waals surface area (Å²) in [6.45, 7) is 6.49. The Balaban J connectivity index is 2.95. The molecule has 0 bridgehead atoms. The molecule has 0 saturated heterocycles. The Morgan fingerprint density at radius 2 is 2.22 bits per heavy atom. The first-order valence-corrected chi connectivity index (χ1v) is 8.11. The molecule has 0 amide bonds. The van der Waals surface area contributed by atoms with E-state index in [0.29, 0.717) is 6.54 Å². The smallest absolute Gasteiger partial charge is 0.188 e. The molecule has 1 unspecified atom stereocenters. The van der Waals surface area contributed by atoms with Gasteiger partial charge in [-0.05, 0) is 30.9 Å². The first-order chi connectivity index (χ1) is 11.1. The van der Waals surface area contributed by atoms with Crippen molar-refractivity contribution in [2.75, 3.05) is 6.54 Å². The molecule has 1 aliphatic heterocycles. The number of aliphatic hydroxyl groups is 1. The van der Waals surface area contributed by atoms with Crippen molar-refractivity contribution < 1.29 is 15.1 Å². The Morgan fingerprint density at radius 3 is 2.78 bits per heavy atom. The van der Waals surface area contributed by atoms with Crippen LogP contribution in [-0.2, 0) is 4.79 Å². The van der Waals surface area contributed by atoms with E-state index in [1.807, 2.05) is 26.0 Å². The third-order valence-electron chi connectivity index (χ3n) is 3.58. The summed E-state index contributed by atoms with van der Waals surface area (Å²) in [5.74, 6) is 1.44. The molecule has 128 valence electrons. The van der Waals surface area contributed by atoms with Crippen LogP contribution in [0.2, 0.25) is 0 Å². The molecular weight excluding hydrogens is 294 g/mol. The van der Waals surface area contributed by atoms with E-state index in [0.717, 1.165) is 36.4 Å². The largest absolute Gasteiger partial charge is 0.503 e. The normalized spacial score (nSPS) is 16.7. The summed E-state index contributed by atoms with van der Waals surface area (Å²) < 4.78 is 0. The minimum Gasteiger partial charge on any atom is -0.503 e. The Kier molecular flexibility index (Phi) is 8.19. The fourth-order valence-electron chi connectivity index (χ4n) is 2.25. The molecule has 4 N–H and O–H groups in total. The van der Waals surface area contributed by atoms with E-state index in [2.05, 4.69) is 17.7 Å². The van der Waals surface area contributed by atoms with E-state index in [1.165, 1.54) is 0 Å². The molecule has 0 radical (unpaired) electrons. The lowest BCUT2D eigenvalue weighted by atomic mass is 10.1. The maximum atomic E-state index is 11.1. The summed E-state index contributed by atoms with van der Waals surface area (Å²) in [5, 5.41) is 24.2. The number of hydrogen-bond acceptors (Lipinski definition) is 6. The van der Waals surface area contributed by atoms with Gasteiger partial charge < -0.3 is 10.4 Å². The van der Waals surface area contributed by atoms with Crippen LogP contribution < -0.4 is 10.7 Å². The molecule has 1 aliphatic rings. The lowest BCUT2D eigenvalue weighted by molar-refractivity contribution is -0.118. The number of hydrogen-bond donors (Lipinski definition) is 4. The molecule has 0 aromatic carbocycles. The minimum absolute atomic E-state index is 0.0267. The number of rotatable bonds is 8. The minimum atomic E-state index is -0.326. The Labute approximate surface area is 137 Å². The fraction of sp³-hybridized carbons (Fsp3) is 0.529. The van der Waals surface area contributed by atoms with Crippen molar-refractivity contribution in [2.45, 2.75) is 52.5 Å². The van der Waals surface area contributed by atoms with Crippen molar-refractivity contribution >= 4 is 5.94 Å². The highest BCUT2D eigenvalue weighted by Gasteiger charge is 2.21. The van der Waals surface area contributed by atoms with E-state index in [9.17, 15) is 15.1 Å². The first kappa shape index (κ1) is 19.0. The number of allylic oxidation sites excluding steroid dienone is 2. The van der Waals surface area contributed by atoms with Crippen LogP contribution in [0, 0.1) is 0 Å². The van der Waals surface area contributed by atoms with Crippen LogP contribution in [0.15, 0.2) is 41.0 Å². The second kappa shape index (κ2) is 9.90. The number of aliphatic hydroxyl groups excluding tert-OH is 1. The highest BCUT2D eigenvalue weighted by atomic mass is 16.5. The van der Waals surface area contributed by atoms with Gasteiger partial charge in [0, 0.05) is 12.6 Å². The van der Waals surface area contributed by atoms with Crippen LogP contribution in [-0.4, -0.2) is 34.0 Å². The quantitative estimate of drug-likeness (QED) is 0.312. The van der Waals surface area contributed by atoms with Crippen LogP contribution >= 0.6 is 0 Å². The second-order valence-electron chi connectivity index (χ2n) is 5.40. The molecule has 0 aromatic rings. The van der Waals surface area contributed by atoms with Crippen LogP contribution in [0.5, 0.6) is 0 Å². The number of nitrogens with zero attached hydrogens (tertiary/aromatic N) is 1. The van der Waals surface area contributed by atoms with E-state index >= 15 is 0 Å². The SMILES string of the molecule is CCC=CC(CCC)NN(O)C1=C(O)C(=C=O)C=C(CC)CN1. The van der Waals surface area contributed by atoms with Crippen molar-refractivity contribution in [1.82, 2.24) is 15.9 Å². The van der Waals surface area contributed by atoms with Crippen molar-refractivity contribution in [3.8, 4) is 0 Å². The van der Waals surface area contributed by atoms with Crippen molar-refractivity contribution in [3.05, 3.63) is 41.0 Å². The van der Waals surface area contributed by atoms with Gasteiger partial charge in [-0.25, -0.2) is 10.2 Å². The molecule has 6 nitrogen and oxygen atoms in total. The highest BCUT2D eigenvalue weighted by Crippen LogP contribution is 2.18. The van der Waals surface area contributed by atoms with E-state index in [-0.39, 0.29) is 23.2 Å². The van der Waals surface area contributed by atoms with Crippen LogP contribution in [0.25, 0.3) is 0 Å². The van der Waals surface area contributed by atoms with E-state index in [4.69, 9.17) is 0 Å². The molecule has 1 heterocycles. The summed E-state index contributed by atoms with van der Waals surface area (Å²) in [6.07, 6.45) is 9.00. The summed E-state index contributed by atoms with van der Waals surface area (Å²) in [6, 6.07) is -0.0717. The van der Waals surface area contributed by atoms with Gasteiger partial charge in [-0.1, -0.05) is 39.3 Å². The van der Waals surface area contributed by atoms with E-state index in [1.54, 1.807) is 12.0 Å². The lowest BCUT2D eigenvalue weighted by Crippen LogP contribution is -2.45.